The monoisotopic (exact) mass is 162 g/mol. The second-order valence-electron chi connectivity index (χ2n) is 2.85. The van der Waals surface area contributed by atoms with Crippen molar-refractivity contribution in [1.82, 2.24) is 0 Å². The van der Waals surface area contributed by atoms with E-state index in [2.05, 4.69) is 4.99 Å². The van der Waals surface area contributed by atoms with Crippen LogP contribution >= 0.6 is 0 Å². The van der Waals surface area contributed by atoms with Crippen LogP contribution in [0, 0.1) is 13.8 Å². The topological polar surface area (TPSA) is 35.4 Å². The molecule has 0 heterocycles. The van der Waals surface area contributed by atoms with E-state index in [1.807, 2.05) is 32.0 Å². The Kier molecular flexibility index (Phi) is 2.48. The molecular weight excluding hydrogens is 150 g/mol. The van der Waals surface area contributed by atoms with E-state index >= 15 is 0 Å². The average Bonchev–Trinajstić information content (AvgIpc) is 2.08. The standard InChI is InChI=1S/C10H13NO/c1-7-4-5-8(2)9(6-7)10(12)11-3/h4-6H,1-3H3,(H,11,12)/p-1. The van der Waals surface area contributed by atoms with Crippen molar-refractivity contribution in [2.75, 3.05) is 7.05 Å². The third-order valence-corrected chi connectivity index (χ3v) is 1.83. The Labute approximate surface area is 72.6 Å². The maximum Gasteiger partial charge on any atom is 0.0270 e. The number of rotatable bonds is 1. The Morgan fingerprint density at radius 3 is 2.58 bits per heavy atom. The Morgan fingerprint density at radius 2 is 2.00 bits per heavy atom. The summed E-state index contributed by atoms with van der Waals surface area (Å²) in [7, 11) is 1.52. The van der Waals surface area contributed by atoms with E-state index < -0.39 is 0 Å². The van der Waals surface area contributed by atoms with Crippen molar-refractivity contribution in [2.24, 2.45) is 4.99 Å². The van der Waals surface area contributed by atoms with Crippen LogP contribution in [0.25, 0.3) is 0 Å². The largest absolute Gasteiger partial charge is 0.858 e. The number of hydrogen-bond acceptors (Lipinski definition) is 2. The molecule has 0 fully saturated rings. The van der Waals surface area contributed by atoms with Gasteiger partial charge >= 0.3 is 0 Å². The van der Waals surface area contributed by atoms with Gasteiger partial charge < -0.3 is 10.1 Å². The fourth-order valence-corrected chi connectivity index (χ4v) is 1.09. The smallest absolute Gasteiger partial charge is 0.0270 e. The van der Waals surface area contributed by atoms with Crippen LogP contribution in [0.15, 0.2) is 23.2 Å². The summed E-state index contributed by atoms with van der Waals surface area (Å²) in [5.41, 5.74) is 2.78. The lowest BCUT2D eigenvalue weighted by molar-refractivity contribution is -0.213. The van der Waals surface area contributed by atoms with Gasteiger partial charge in [-0.1, -0.05) is 23.8 Å². The van der Waals surface area contributed by atoms with Crippen LogP contribution in [-0.2, 0) is 0 Å². The van der Waals surface area contributed by atoms with Crippen molar-refractivity contribution in [3.05, 3.63) is 34.9 Å². The summed E-state index contributed by atoms with van der Waals surface area (Å²) in [5, 5.41) is 11.2. The third-order valence-electron chi connectivity index (χ3n) is 1.83. The number of hydrogen-bond donors (Lipinski definition) is 0. The first-order valence-corrected chi connectivity index (χ1v) is 3.86. The van der Waals surface area contributed by atoms with Crippen molar-refractivity contribution in [3.63, 3.8) is 0 Å². The fourth-order valence-electron chi connectivity index (χ4n) is 1.09. The molecule has 0 unspecified atom stereocenters. The molecule has 0 aliphatic rings. The summed E-state index contributed by atoms with van der Waals surface area (Å²) in [6.07, 6.45) is 0. The third kappa shape index (κ3) is 1.64. The zero-order chi connectivity index (χ0) is 9.14. The van der Waals surface area contributed by atoms with Gasteiger partial charge in [0.2, 0.25) is 0 Å². The van der Waals surface area contributed by atoms with Gasteiger partial charge in [0.1, 0.15) is 0 Å². The van der Waals surface area contributed by atoms with Crippen molar-refractivity contribution >= 4 is 5.90 Å². The highest BCUT2D eigenvalue weighted by molar-refractivity contribution is 5.92. The van der Waals surface area contributed by atoms with E-state index in [4.69, 9.17) is 0 Å². The Bertz CT molecular complexity index is 316. The minimum Gasteiger partial charge on any atom is -0.858 e. The second kappa shape index (κ2) is 3.39. The second-order valence-corrected chi connectivity index (χ2v) is 2.85. The van der Waals surface area contributed by atoms with Gasteiger partial charge in [0.15, 0.2) is 0 Å². The van der Waals surface area contributed by atoms with E-state index in [-0.39, 0.29) is 5.90 Å². The molecule has 0 saturated carbocycles. The highest BCUT2D eigenvalue weighted by atomic mass is 16.3. The lowest BCUT2D eigenvalue weighted by Crippen LogP contribution is -2.19. The quantitative estimate of drug-likeness (QED) is 0.449. The normalized spacial score (nSPS) is 11.8. The van der Waals surface area contributed by atoms with Crippen molar-refractivity contribution in [1.29, 1.82) is 0 Å². The zero-order valence-electron chi connectivity index (χ0n) is 7.59. The van der Waals surface area contributed by atoms with E-state index in [1.54, 1.807) is 0 Å². The van der Waals surface area contributed by atoms with Crippen LogP contribution in [0.1, 0.15) is 16.7 Å². The molecule has 0 saturated heterocycles. The highest BCUT2D eigenvalue weighted by Crippen LogP contribution is 2.09. The van der Waals surface area contributed by atoms with E-state index in [0.717, 1.165) is 11.1 Å². The summed E-state index contributed by atoms with van der Waals surface area (Å²) in [5.74, 6) is -0.142. The molecule has 64 valence electrons. The highest BCUT2D eigenvalue weighted by Gasteiger charge is 1.96. The Balaban J connectivity index is 3.23. The van der Waals surface area contributed by atoms with Gasteiger partial charge in [-0.05, 0) is 30.9 Å². The first-order chi connectivity index (χ1) is 5.65. The molecule has 2 heteroatoms. The molecule has 2 nitrogen and oxygen atoms in total. The molecule has 0 radical (unpaired) electrons. The van der Waals surface area contributed by atoms with Gasteiger partial charge in [0.05, 0.1) is 0 Å². The maximum absolute atomic E-state index is 11.2. The van der Waals surface area contributed by atoms with Gasteiger partial charge in [0.25, 0.3) is 0 Å². The van der Waals surface area contributed by atoms with E-state index in [1.165, 1.54) is 7.05 Å². The zero-order valence-corrected chi connectivity index (χ0v) is 7.59. The SMILES string of the molecule is CN=C([O-])c1cc(C)ccc1C. The van der Waals surface area contributed by atoms with Gasteiger partial charge in [-0.15, -0.1) is 0 Å². The summed E-state index contributed by atoms with van der Waals surface area (Å²) in [6.45, 7) is 3.88. The lowest BCUT2D eigenvalue weighted by Gasteiger charge is -2.13. The fraction of sp³-hybridized carbons (Fsp3) is 0.300. The van der Waals surface area contributed by atoms with Crippen LogP contribution in [0.3, 0.4) is 0 Å². The molecule has 0 N–H and O–H groups in total. The number of benzene rings is 1. The van der Waals surface area contributed by atoms with Gasteiger partial charge in [-0.2, -0.15) is 0 Å². The van der Waals surface area contributed by atoms with Crippen molar-refractivity contribution in [2.45, 2.75) is 13.8 Å². The van der Waals surface area contributed by atoms with Gasteiger partial charge in [-0.3, -0.25) is 0 Å². The molecule has 1 aromatic carbocycles. The molecule has 0 aromatic heterocycles. The molecule has 0 aliphatic heterocycles. The molecule has 0 aliphatic carbocycles. The van der Waals surface area contributed by atoms with Crippen LogP contribution < -0.4 is 5.11 Å². The summed E-state index contributed by atoms with van der Waals surface area (Å²) < 4.78 is 0. The predicted molar refractivity (Wildman–Crippen MR) is 48.4 cm³/mol. The molecule has 0 spiro atoms. The van der Waals surface area contributed by atoms with E-state index in [9.17, 15) is 5.11 Å². The van der Waals surface area contributed by atoms with Crippen molar-refractivity contribution in [3.8, 4) is 0 Å². The minimum absolute atomic E-state index is 0.142. The van der Waals surface area contributed by atoms with Crippen LogP contribution in [-0.4, -0.2) is 12.9 Å². The summed E-state index contributed by atoms with van der Waals surface area (Å²) in [4.78, 5) is 3.62. The molecule has 1 rings (SSSR count). The molecule has 1 aromatic rings. The molecule has 0 atom stereocenters. The average molecular weight is 162 g/mol. The first kappa shape index (κ1) is 8.78. The van der Waals surface area contributed by atoms with Crippen LogP contribution in [0.4, 0.5) is 0 Å². The maximum atomic E-state index is 11.2. The summed E-state index contributed by atoms with van der Waals surface area (Å²) in [6, 6.07) is 5.79. The summed E-state index contributed by atoms with van der Waals surface area (Å²) >= 11 is 0. The Morgan fingerprint density at radius 1 is 1.33 bits per heavy atom. The van der Waals surface area contributed by atoms with Gasteiger partial charge in [-0.25, -0.2) is 0 Å². The van der Waals surface area contributed by atoms with Crippen molar-refractivity contribution < 1.29 is 5.11 Å². The number of aliphatic imine (C=N–C) groups is 1. The molecule has 0 bridgehead atoms. The Hall–Kier alpha value is -1.31. The first-order valence-electron chi connectivity index (χ1n) is 3.86. The minimum atomic E-state index is -0.142. The molecule has 0 amide bonds. The predicted octanol–water partition coefficient (Wildman–Crippen LogP) is 1.04. The molecular formula is C10H12NO-. The lowest BCUT2D eigenvalue weighted by atomic mass is 10.1. The van der Waals surface area contributed by atoms with E-state index in [0.29, 0.717) is 5.56 Å². The van der Waals surface area contributed by atoms with Gasteiger partial charge in [0, 0.05) is 7.05 Å². The number of aryl methyl sites for hydroxylation is 2. The van der Waals surface area contributed by atoms with Crippen LogP contribution in [0.5, 0.6) is 0 Å². The molecule has 12 heavy (non-hydrogen) atoms. The van der Waals surface area contributed by atoms with Crippen LogP contribution in [0.2, 0.25) is 0 Å². The number of nitrogens with zero attached hydrogens (tertiary/aromatic N) is 1.